The Balaban J connectivity index is 1.53. The van der Waals surface area contributed by atoms with Crippen molar-refractivity contribution in [3.05, 3.63) is 23.4 Å². The molecule has 0 radical (unpaired) electrons. The summed E-state index contributed by atoms with van der Waals surface area (Å²) in [6.07, 6.45) is 7.06. The van der Waals surface area contributed by atoms with Crippen molar-refractivity contribution < 1.29 is 4.79 Å². The van der Waals surface area contributed by atoms with E-state index in [1.54, 1.807) is 0 Å². The lowest BCUT2D eigenvalue weighted by molar-refractivity contribution is -0.132. The number of hydrogen-bond acceptors (Lipinski definition) is 4. The summed E-state index contributed by atoms with van der Waals surface area (Å²) in [5.74, 6) is 1.76. The Morgan fingerprint density at radius 3 is 2.58 bits per heavy atom. The molecule has 2 fully saturated rings. The van der Waals surface area contributed by atoms with Crippen LogP contribution in [0.1, 0.15) is 49.8 Å². The predicted molar refractivity (Wildman–Crippen MR) is 93.7 cm³/mol. The molecule has 24 heavy (non-hydrogen) atoms. The third kappa shape index (κ3) is 3.87. The van der Waals surface area contributed by atoms with Crippen molar-refractivity contribution in [1.29, 1.82) is 5.26 Å². The van der Waals surface area contributed by atoms with Gasteiger partial charge in [0.1, 0.15) is 17.6 Å². The number of aryl methyl sites for hydroxylation is 1. The minimum Gasteiger partial charge on any atom is -0.353 e. The van der Waals surface area contributed by atoms with Crippen molar-refractivity contribution in [1.82, 2.24) is 9.88 Å². The molecule has 0 unspecified atom stereocenters. The Labute approximate surface area is 144 Å². The zero-order valence-electron chi connectivity index (χ0n) is 14.5. The second-order valence-corrected chi connectivity index (χ2v) is 7.02. The minimum absolute atomic E-state index is 0.316. The number of carbonyl (C=O) groups excluding carboxylic acids is 1. The van der Waals surface area contributed by atoms with E-state index < -0.39 is 0 Å². The topological polar surface area (TPSA) is 60.2 Å². The van der Waals surface area contributed by atoms with E-state index in [9.17, 15) is 4.79 Å². The summed E-state index contributed by atoms with van der Waals surface area (Å²) in [6.45, 7) is 4.98. The maximum atomic E-state index is 12.5. The van der Waals surface area contributed by atoms with E-state index in [4.69, 9.17) is 5.26 Å². The standard InChI is InChI=1S/C19H26N4O/c1-15-7-8-18(21-17(15)14-20)22-9-11-23(12-10-22)19(24)13-16-5-3-2-4-6-16/h7-8,16H,2-6,9-13H2,1H3. The fourth-order valence-corrected chi connectivity index (χ4v) is 3.76. The van der Waals surface area contributed by atoms with Gasteiger partial charge < -0.3 is 9.80 Å². The molecule has 2 heterocycles. The highest BCUT2D eigenvalue weighted by Crippen LogP contribution is 2.27. The first-order chi connectivity index (χ1) is 11.7. The lowest BCUT2D eigenvalue weighted by atomic mass is 9.86. The molecule has 1 saturated carbocycles. The Bertz CT molecular complexity index is 623. The molecule has 1 saturated heterocycles. The number of hydrogen-bond donors (Lipinski definition) is 0. The summed E-state index contributed by atoms with van der Waals surface area (Å²) in [4.78, 5) is 21.1. The van der Waals surface area contributed by atoms with Crippen LogP contribution in [0.2, 0.25) is 0 Å². The molecule has 5 nitrogen and oxygen atoms in total. The lowest BCUT2D eigenvalue weighted by Crippen LogP contribution is -2.49. The number of carbonyl (C=O) groups is 1. The molecule has 0 spiro atoms. The molecule has 5 heteroatoms. The molecule has 1 aliphatic carbocycles. The van der Waals surface area contributed by atoms with Gasteiger partial charge in [-0.25, -0.2) is 4.98 Å². The van der Waals surface area contributed by atoms with Gasteiger partial charge in [-0.2, -0.15) is 5.26 Å². The van der Waals surface area contributed by atoms with Gasteiger partial charge in [-0.3, -0.25) is 4.79 Å². The molecule has 1 amide bonds. The van der Waals surface area contributed by atoms with Crippen LogP contribution in [0, 0.1) is 24.2 Å². The Morgan fingerprint density at radius 2 is 1.92 bits per heavy atom. The van der Waals surface area contributed by atoms with Crippen LogP contribution in [-0.4, -0.2) is 42.0 Å². The molecular weight excluding hydrogens is 300 g/mol. The lowest BCUT2D eigenvalue weighted by Gasteiger charge is -2.36. The summed E-state index contributed by atoms with van der Waals surface area (Å²) >= 11 is 0. The maximum Gasteiger partial charge on any atom is 0.222 e. The molecule has 3 rings (SSSR count). The number of amides is 1. The molecular formula is C19H26N4O. The van der Waals surface area contributed by atoms with Gasteiger partial charge >= 0.3 is 0 Å². The van der Waals surface area contributed by atoms with Gasteiger partial charge in [-0.15, -0.1) is 0 Å². The Kier molecular flexibility index (Phi) is 5.34. The fourth-order valence-electron chi connectivity index (χ4n) is 3.76. The molecule has 0 aromatic carbocycles. The monoisotopic (exact) mass is 326 g/mol. The van der Waals surface area contributed by atoms with Gasteiger partial charge in [0.25, 0.3) is 0 Å². The van der Waals surface area contributed by atoms with Crippen molar-refractivity contribution in [2.45, 2.75) is 45.4 Å². The smallest absolute Gasteiger partial charge is 0.222 e. The highest BCUT2D eigenvalue weighted by atomic mass is 16.2. The Morgan fingerprint density at radius 1 is 1.21 bits per heavy atom. The van der Waals surface area contributed by atoms with Crippen LogP contribution in [0.25, 0.3) is 0 Å². The number of anilines is 1. The average molecular weight is 326 g/mol. The SMILES string of the molecule is Cc1ccc(N2CCN(C(=O)CC3CCCCC3)CC2)nc1C#N. The first-order valence-corrected chi connectivity index (χ1v) is 9.08. The number of aromatic nitrogens is 1. The number of piperazine rings is 1. The summed E-state index contributed by atoms with van der Waals surface area (Å²) in [5.41, 5.74) is 1.39. The van der Waals surface area contributed by atoms with Crippen LogP contribution in [0.4, 0.5) is 5.82 Å². The summed E-state index contributed by atoms with van der Waals surface area (Å²) in [6, 6.07) is 6.06. The van der Waals surface area contributed by atoms with Crippen molar-refractivity contribution in [3.8, 4) is 6.07 Å². The molecule has 128 valence electrons. The highest BCUT2D eigenvalue weighted by Gasteiger charge is 2.25. The molecule has 2 aliphatic rings. The van der Waals surface area contributed by atoms with E-state index >= 15 is 0 Å². The molecule has 0 atom stereocenters. The largest absolute Gasteiger partial charge is 0.353 e. The van der Waals surface area contributed by atoms with Crippen LogP contribution in [0.15, 0.2) is 12.1 Å². The van der Waals surface area contributed by atoms with Crippen LogP contribution >= 0.6 is 0 Å². The average Bonchev–Trinajstić information content (AvgIpc) is 2.63. The van der Waals surface area contributed by atoms with E-state index in [2.05, 4.69) is 16.0 Å². The Hall–Kier alpha value is -2.09. The van der Waals surface area contributed by atoms with Crippen LogP contribution in [0.5, 0.6) is 0 Å². The number of pyridine rings is 1. The van der Waals surface area contributed by atoms with Crippen LogP contribution in [0.3, 0.4) is 0 Å². The minimum atomic E-state index is 0.316. The number of rotatable bonds is 3. The van der Waals surface area contributed by atoms with Crippen molar-refractivity contribution in [3.63, 3.8) is 0 Å². The zero-order valence-corrected chi connectivity index (χ0v) is 14.5. The van der Waals surface area contributed by atoms with E-state index in [0.717, 1.165) is 44.0 Å². The second kappa shape index (κ2) is 7.65. The zero-order chi connectivity index (χ0) is 16.9. The van der Waals surface area contributed by atoms with E-state index in [1.807, 2.05) is 24.0 Å². The summed E-state index contributed by atoms with van der Waals surface area (Å²) in [5, 5.41) is 9.13. The number of nitriles is 1. The van der Waals surface area contributed by atoms with Gasteiger partial charge in [0.05, 0.1) is 0 Å². The second-order valence-electron chi connectivity index (χ2n) is 7.02. The van der Waals surface area contributed by atoms with Crippen molar-refractivity contribution in [2.75, 3.05) is 31.1 Å². The normalized spacial score (nSPS) is 19.2. The van der Waals surface area contributed by atoms with E-state index in [1.165, 1.54) is 32.1 Å². The van der Waals surface area contributed by atoms with Crippen LogP contribution < -0.4 is 4.90 Å². The number of nitrogens with zero attached hydrogens (tertiary/aromatic N) is 4. The first kappa shape index (κ1) is 16.8. The van der Waals surface area contributed by atoms with E-state index in [-0.39, 0.29) is 0 Å². The molecule has 1 aromatic rings. The van der Waals surface area contributed by atoms with Gasteiger partial charge in [0.2, 0.25) is 5.91 Å². The van der Waals surface area contributed by atoms with Crippen molar-refractivity contribution >= 4 is 11.7 Å². The fraction of sp³-hybridized carbons (Fsp3) is 0.632. The molecule has 1 aromatic heterocycles. The predicted octanol–water partition coefficient (Wildman–Crippen LogP) is 2.88. The molecule has 1 aliphatic heterocycles. The molecule has 0 bridgehead atoms. The summed E-state index contributed by atoms with van der Waals surface area (Å²) in [7, 11) is 0. The van der Waals surface area contributed by atoms with Gasteiger partial charge in [-0.05, 0) is 37.3 Å². The van der Waals surface area contributed by atoms with Crippen LogP contribution in [-0.2, 0) is 4.79 Å². The first-order valence-electron chi connectivity index (χ1n) is 9.08. The quantitative estimate of drug-likeness (QED) is 0.857. The van der Waals surface area contributed by atoms with Gasteiger partial charge in [0, 0.05) is 32.6 Å². The van der Waals surface area contributed by atoms with Gasteiger partial charge in [0.15, 0.2) is 0 Å². The third-order valence-corrected chi connectivity index (χ3v) is 5.33. The van der Waals surface area contributed by atoms with Gasteiger partial charge in [-0.1, -0.05) is 25.3 Å². The van der Waals surface area contributed by atoms with E-state index in [0.29, 0.717) is 17.5 Å². The summed E-state index contributed by atoms with van der Waals surface area (Å²) < 4.78 is 0. The van der Waals surface area contributed by atoms with Crippen molar-refractivity contribution in [2.24, 2.45) is 5.92 Å². The highest BCUT2D eigenvalue weighted by molar-refractivity contribution is 5.76. The maximum absolute atomic E-state index is 12.5. The molecule has 0 N–H and O–H groups in total. The third-order valence-electron chi connectivity index (χ3n) is 5.33.